The van der Waals surface area contributed by atoms with Crippen molar-refractivity contribution in [3.63, 3.8) is 0 Å². The van der Waals surface area contributed by atoms with Gasteiger partial charge in [0.15, 0.2) is 12.0 Å². The molecule has 0 bridgehead atoms. The number of halogens is 3. The molecule has 0 radical (unpaired) electrons. The van der Waals surface area contributed by atoms with Gasteiger partial charge >= 0.3 is 0 Å². The Bertz CT molecular complexity index is 352. The molecule has 2 nitrogen and oxygen atoms in total. The Kier molecular flexibility index (Phi) is 3.76. The number of ether oxygens (including phenoxy) is 1. The highest BCUT2D eigenvalue weighted by atomic mass is 79.9. The maximum Gasteiger partial charge on any atom is 0.152 e. The van der Waals surface area contributed by atoms with Crippen LogP contribution in [0.5, 0.6) is 5.75 Å². The van der Waals surface area contributed by atoms with Crippen LogP contribution in [0.1, 0.15) is 10.4 Å². The summed E-state index contributed by atoms with van der Waals surface area (Å²) in [7, 11) is 1.49. The van der Waals surface area contributed by atoms with Gasteiger partial charge in [0.2, 0.25) is 0 Å². The van der Waals surface area contributed by atoms with Gasteiger partial charge in [0.1, 0.15) is 0 Å². The number of carbonyl (C=O) groups is 1. The zero-order chi connectivity index (χ0) is 10.0. The maximum absolute atomic E-state index is 10.6. The Morgan fingerprint density at radius 3 is 2.54 bits per heavy atom. The predicted molar refractivity (Wildman–Crippen MR) is 58.8 cm³/mol. The molecule has 0 spiro atoms. The molecule has 13 heavy (non-hydrogen) atoms. The van der Waals surface area contributed by atoms with Gasteiger partial charge in [-0.3, -0.25) is 4.79 Å². The molecule has 0 saturated heterocycles. The van der Waals surface area contributed by atoms with Crippen molar-refractivity contribution in [1.29, 1.82) is 0 Å². The van der Waals surface area contributed by atoms with E-state index in [2.05, 4.69) is 31.9 Å². The zero-order valence-electron chi connectivity index (χ0n) is 6.61. The van der Waals surface area contributed by atoms with E-state index in [0.29, 0.717) is 31.6 Å². The van der Waals surface area contributed by atoms with Gasteiger partial charge in [0.05, 0.1) is 22.2 Å². The van der Waals surface area contributed by atoms with E-state index >= 15 is 0 Å². The van der Waals surface area contributed by atoms with E-state index in [4.69, 9.17) is 16.3 Å². The smallest absolute Gasteiger partial charge is 0.152 e. The van der Waals surface area contributed by atoms with Gasteiger partial charge in [0.25, 0.3) is 0 Å². The minimum Gasteiger partial charge on any atom is -0.494 e. The fourth-order valence-corrected chi connectivity index (χ4v) is 2.85. The first-order chi connectivity index (χ1) is 6.11. The van der Waals surface area contributed by atoms with E-state index < -0.39 is 0 Å². The van der Waals surface area contributed by atoms with E-state index in [1.54, 1.807) is 6.07 Å². The lowest BCUT2D eigenvalue weighted by molar-refractivity contribution is 0.112. The summed E-state index contributed by atoms with van der Waals surface area (Å²) in [5, 5.41) is 0.304. The Labute approximate surface area is 97.5 Å². The third-order valence-corrected chi connectivity index (χ3v) is 3.11. The molecule has 0 unspecified atom stereocenters. The molecule has 0 atom stereocenters. The SMILES string of the molecule is COc1c(Br)cc(Br)c(C=O)c1Cl. The van der Waals surface area contributed by atoms with Gasteiger partial charge in [-0.15, -0.1) is 0 Å². The Morgan fingerprint density at radius 1 is 1.46 bits per heavy atom. The molecule has 0 fully saturated rings. The van der Waals surface area contributed by atoms with Crippen LogP contribution in [0.4, 0.5) is 0 Å². The van der Waals surface area contributed by atoms with Crippen molar-refractivity contribution in [2.45, 2.75) is 0 Å². The highest BCUT2D eigenvalue weighted by Crippen LogP contribution is 2.38. The fraction of sp³-hybridized carbons (Fsp3) is 0.125. The van der Waals surface area contributed by atoms with Gasteiger partial charge in [-0.25, -0.2) is 0 Å². The van der Waals surface area contributed by atoms with Gasteiger partial charge in [0, 0.05) is 4.47 Å². The van der Waals surface area contributed by atoms with Crippen LogP contribution in [-0.4, -0.2) is 13.4 Å². The lowest BCUT2D eigenvalue weighted by Crippen LogP contribution is -1.92. The molecule has 0 aliphatic heterocycles. The van der Waals surface area contributed by atoms with E-state index in [9.17, 15) is 4.79 Å². The molecule has 0 aliphatic rings. The second-order valence-electron chi connectivity index (χ2n) is 2.22. The average Bonchev–Trinajstić information content (AvgIpc) is 2.04. The van der Waals surface area contributed by atoms with Crippen molar-refractivity contribution in [1.82, 2.24) is 0 Å². The molecule has 0 aromatic heterocycles. The monoisotopic (exact) mass is 326 g/mol. The Balaban J connectivity index is 3.47. The molecule has 0 aliphatic carbocycles. The van der Waals surface area contributed by atoms with E-state index in [1.165, 1.54) is 7.11 Å². The van der Waals surface area contributed by atoms with Gasteiger partial charge in [-0.05, 0) is 37.9 Å². The first-order valence-electron chi connectivity index (χ1n) is 3.28. The molecular formula is C8H5Br2ClO2. The minimum atomic E-state index is 0.304. The van der Waals surface area contributed by atoms with E-state index in [-0.39, 0.29) is 0 Å². The number of hydrogen-bond donors (Lipinski definition) is 0. The normalized spacial score (nSPS) is 9.85. The number of hydrogen-bond acceptors (Lipinski definition) is 2. The molecule has 5 heteroatoms. The van der Waals surface area contributed by atoms with Crippen LogP contribution in [0.2, 0.25) is 5.02 Å². The van der Waals surface area contributed by atoms with Crippen LogP contribution in [0.15, 0.2) is 15.0 Å². The van der Waals surface area contributed by atoms with E-state index in [1.807, 2.05) is 0 Å². The first-order valence-corrected chi connectivity index (χ1v) is 5.25. The standard InChI is InChI=1S/C8H5Br2ClO2/c1-13-8-6(10)2-5(9)4(3-12)7(8)11/h2-3H,1H3. The van der Waals surface area contributed by atoms with Crippen molar-refractivity contribution >= 4 is 49.7 Å². The average molecular weight is 328 g/mol. The molecular weight excluding hydrogens is 323 g/mol. The molecule has 0 N–H and O–H groups in total. The van der Waals surface area contributed by atoms with Crippen LogP contribution < -0.4 is 4.74 Å². The maximum atomic E-state index is 10.6. The first kappa shape index (κ1) is 11.0. The van der Waals surface area contributed by atoms with Crippen LogP contribution in [-0.2, 0) is 0 Å². The van der Waals surface area contributed by atoms with Crippen LogP contribution in [0, 0.1) is 0 Å². The highest BCUT2D eigenvalue weighted by Gasteiger charge is 2.13. The quantitative estimate of drug-likeness (QED) is 0.774. The van der Waals surface area contributed by atoms with Gasteiger partial charge in [-0.2, -0.15) is 0 Å². The van der Waals surface area contributed by atoms with Crippen molar-refractivity contribution < 1.29 is 9.53 Å². The second kappa shape index (κ2) is 4.44. The van der Waals surface area contributed by atoms with Crippen LogP contribution in [0.3, 0.4) is 0 Å². The van der Waals surface area contributed by atoms with Crippen molar-refractivity contribution in [3.8, 4) is 5.75 Å². The largest absolute Gasteiger partial charge is 0.494 e. The third kappa shape index (κ3) is 2.06. The number of aldehydes is 1. The molecule has 70 valence electrons. The summed E-state index contributed by atoms with van der Waals surface area (Å²) >= 11 is 12.4. The van der Waals surface area contributed by atoms with E-state index in [0.717, 1.165) is 0 Å². The molecule has 1 aromatic carbocycles. The molecule has 0 amide bonds. The summed E-state index contributed by atoms with van der Waals surface area (Å²) in [4.78, 5) is 10.6. The van der Waals surface area contributed by atoms with Crippen LogP contribution >= 0.6 is 43.5 Å². The lowest BCUT2D eigenvalue weighted by atomic mass is 10.2. The Morgan fingerprint density at radius 2 is 2.08 bits per heavy atom. The Hall–Kier alpha value is -0.0600. The summed E-state index contributed by atoms with van der Waals surface area (Å²) < 4.78 is 6.36. The van der Waals surface area contributed by atoms with Gasteiger partial charge in [-0.1, -0.05) is 11.6 Å². The number of methoxy groups -OCH3 is 1. The summed E-state index contributed by atoms with van der Waals surface area (Å²) in [6, 6.07) is 1.72. The molecule has 1 aromatic rings. The molecule has 1 rings (SSSR count). The van der Waals surface area contributed by atoms with Crippen LogP contribution in [0.25, 0.3) is 0 Å². The number of carbonyl (C=O) groups excluding carboxylic acids is 1. The number of rotatable bonds is 2. The summed E-state index contributed by atoms with van der Waals surface area (Å²) in [5.41, 5.74) is 0.390. The minimum absolute atomic E-state index is 0.304. The van der Waals surface area contributed by atoms with Crippen molar-refractivity contribution in [2.75, 3.05) is 7.11 Å². The predicted octanol–water partition coefficient (Wildman–Crippen LogP) is 3.69. The number of benzene rings is 1. The second-order valence-corrected chi connectivity index (χ2v) is 4.31. The summed E-state index contributed by atoms with van der Waals surface area (Å²) in [6.45, 7) is 0. The summed E-state index contributed by atoms with van der Waals surface area (Å²) in [5.74, 6) is 0.465. The third-order valence-electron chi connectivity index (χ3n) is 1.49. The molecule has 0 saturated carbocycles. The van der Waals surface area contributed by atoms with Gasteiger partial charge < -0.3 is 4.74 Å². The summed E-state index contributed by atoms with van der Waals surface area (Å²) in [6.07, 6.45) is 0.682. The topological polar surface area (TPSA) is 26.3 Å². The van der Waals surface area contributed by atoms with Crippen molar-refractivity contribution in [2.24, 2.45) is 0 Å². The lowest BCUT2D eigenvalue weighted by Gasteiger charge is -2.08. The molecule has 0 heterocycles. The van der Waals surface area contributed by atoms with Crippen molar-refractivity contribution in [3.05, 3.63) is 25.6 Å². The highest BCUT2D eigenvalue weighted by molar-refractivity contribution is 9.11. The zero-order valence-corrected chi connectivity index (χ0v) is 10.5. The fourth-order valence-electron chi connectivity index (χ4n) is 0.882.